The quantitative estimate of drug-likeness (QED) is 0.255. The van der Waals surface area contributed by atoms with Gasteiger partial charge >= 0.3 is 6.03 Å². The second-order valence-electron chi connectivity index (χ2n) is 6.35. The van der Waals surface area contributed by atoms with Crippen LogP contribution in [0.1, 0.15) is 25.0 Å². The largest absolute Gasteiger partial charge is 0.349 e. The number of hydrogen-bond donors (Lipinski definition) is 4. The summed E-state index contributed by atoms with van der Waals surface area (Å²) in [7, 11) is 0. The smallest absolute Gasteiger partial charge is 0.322 e. The van der Waals surface area contributed by atoms with Gasteiger partial charge in [0.15, 0.2) is 6.04 Å². The molecule has 0 aliphatic carbocycles. The molecule has 1 aromatic rings. The van der Waals surface area contributed by atoms with Crippen LogP contribution in [0.2, 0.25) is 0 Å². The first-order valence-electron chi connectivity index (χ1n) is 8.26. The van der Waals surface area contributed by atoms with E-state index in [4.69, 9.17) is 5.41 Å². The summed E-state index contributed by atoms with van der Waals surface area (Å²) in [4.78, 5) is 24.6. The van der Waals surface area contributed by atoms with E-state index in [1.165, 1.54) is 0 Å². The molecule has 3 rings (SSSR count). The summed E-state index contributed by atoms with van der Waals surface area (Å²) in [5, 5.41) is 16.4. The number of hydrogen-bond acceptors (Lipinski definition) is 4. The van der Waals surface area contributed by atoms with Crippen molar-refractivity contribution in [3.05, 3.63) is 35.4 Å². The minimum Gasteiger partial charge on any atom is -0.349 e. The Morgan fingerprint density at radius 3 is 2.36 bits per heavy atom. The molecule has 3 atom stereocenters. The zero-order valence-corrected chi connectivity index (χ0v) is 14.2. The van der Waals surface area contributed by atoms with Crippen molar-refractivity contribution < 1.29 is 9.59 Å². The third-order valence-corrected chi connectivity index (χ3v) is 4.38. The van der Waals surface area contributed by atoms with Gasteiger partial charge in [-0.25, -0.2) is 4.79 Å². The molecule has 2 aliphatic rings. The number of nitrogens with one attached hydrogen (secondary N) is 4. The first kappa shape index (κ1) is 17.0. The Balaban J connectivity index is 1.71. The number of carbonyl (C=O) groups excluding carboxylic acids is 2. The maximum Gasteiger partial charge on any atom is 0.322 e. The van der Waals surface area contributed by atoms with E-state index >= 15 is 0 Å². The van der Waals surface area contributed by atoms with Crippen molar-refractivity contribution in [1.82, 2.24) is 20.9 Å². The number of imide groups is 1. The highest BCUT2D eigenvalue weighted by Crippen LogP contribution is 2.15. The molecule has 4 N–H and O–H groups in total. The minimum absolute atomic E-state index is 0.264. The molecule has 3 amide bonds. The van der Waals surface area contributed by atoms with Gasteiger partial charge in [-0.3, -0.25) is 15.5 Å². The molecular weight excluding hydrogens is 318 g/mol. The molecule has 25 heavy (non-hydrogen) atoms. The number of piperazine rings is 1. The summed E-state index contributed by atoms with van der Waals surface area (Å²) in [6.07, 6.45) is 0. The average Bonchev–Trinajstić information content (AvgIpc) is 2.90. The Kier molecular flexibility index (Phi) is 4.72. The molecule has 2 saturated heterocycles. The van der Waals surface area contributed by atoms with Gasteiger partial charge in [0.05, 0.1) is 0 Å². The van der Waals surface area contributed by atoms with Crippen molar-refractivity contribution in [2.45, 2.75) is 32.0 Å². The van der Waals surface area contributed by atoms with Gasteiger partial charge in [0, 0.05) is 36.3 Å². The monoisotopic (exact) mass is 339 g/mol. The molecular formula is C18H21N5O2. The van der Waals surface area contributed by atoms with Gasteiger partial charge in [0.25, 0.3) is 5.91 Å². The summed E-state index contributed by atoms with van der Waals surface area (Å²) in [6.45, 7) is 5.95. The Hall–Kier alpha value is -2.85. The summed E-state index contributed by atoms with van der Waals surface area (Å²) in [5.74, 6) is 5.69. The van der Waals surface area contributed by atoms with Crippen LogP contribution in [0.4, 0.5) is 4.79 Å². The van der Waals surface area contributed by atoms with E-state index < -0.39 is 18.0 Å². The van der Waals surface area contributed by atoms with E-state index in [0.29, 0.717) is 5.84 Å². The fourth-order valence-corrected chi connectivity index (χ4v) is 3.11. The van der Waals surface area contributed by atoms with E-state index in [0.717, 1.165) is 24.2 Å². The molecule has 0 spiro atoms. The van der Waals surface area contributed by atoms with Crippen molar-refractivity contribution in [2.75, 3.05) is 13.1 Å². The third-order valence-electron chi connectivity index (χ3n) is 4.38. The Bertz CT molecular complexity index is 752. The average molecular weight is 339 g/mol. The SMILES string of the molecule is CC1CNCC(C)N1C(=N)c1ccc(C#CC2NC(=O)NC2=O)cc1. The van der Waals surface area contributed by atoms with Crippen LogP contribution < -0.4 is 16.0 Å². The molecule has 130 valence electrons. The highest BCUT2D eigenvalue weighted by molar-refractivity contribution is 6.05. The number of amidine groups is 1. The molecule has 7 heteroatoms. The molecule has 0 radical (unpaired) electrons. The molecule has 0 saturated carbocycles. The third kappa shape index (κ3) is 3.64. The maximum atomic E-state index is 11.5. The number of nitrogens with zero attached hydrogens (tertiary/aromatic N) is 1. The van der Waals surface area contributed by atoms with Crippen LogP contribution in [-0.4, -0.2) is 53.9 Å². The number of rotatable bonds is 1. The first-order chi connectivity index (χ1) is 12.0. The first-order valence-corrected chi connectivity index (χ1v) is 8.26. The molecule has 2 fully saturated rings. The van der Waals surface area contributed by atoms with Crippen LogP contribution in [-0.2, 0) is 4.79 Å². The van der Waals surface area contributed by atoms with Gasteiger partial charge in [-0.2, -0.15) is 0 Å². The van der Waals surface area contributed by atoms with Crippen LogP contribution in [0, 0.1) is 17.3 Å². The van der Waals surface area contributed by atoms with Crippen molar-refractivity contribution in [2.24, 2.45) is 0 Å². The molecule has 0 bridgehead atoms. The van der Waals surface area contributed by atoms with Crippen molar-refractivity contribution in [1.29, 1.82) is 5.41 Å². The zero-order chi connectivity index (χ0) is 18.0. The predicted octanol–water partition coefficient (Wildman–Crippen LogP) is 0.254. The zero-order valence-electron chi connectivity index (χ0n) is 14.2. The Morgan fingerprint density at radius 2 is 1.80 bits per heavy atom. The summed E-state index contributed by atoms with van der Waals surface area (Å²) < 4.78 is 0. The molecule has 1 aromatic carbocycles. The van der Waals surface area contributed by atoms with E-state index in [2.05, 4.69) is 46.5 Å². The van der Waals surface area contributed by atoms with Crippen LogP contribution >= 0.6 is 0 Å². The summed E-state index contributed by atoms with van der Waals surface area (Å²) in [6, 6.07) is 6.56. The lowest BCUT2D eigenvalue weighted by Gasteiger charge is -2.41. The Labute approximate surface area is 146 Å². The van der Waals surface area contributed by atoms with E-state index in [1.54, 1.807) is 0 Å². The summed E-state index contributed by atoms with van der Waals surface area (Å²) >= 11 is 0. The Morgan fingerprint density at radius 1 is 1.16 bits per heavy atom. The molecule has 0 aromatic heterocycles. The number of carbonyl (C=O) groups is 2. The standard InChI is InChI=1S/C18H21N5O2/c1-11-9-20-10-12(2)23(11)16(19)14-6-3-13(4-7-14)5-8-15-17(24)22-18(25)21-15/h3-4,6-7,11-12,15,19-20H,9-10H2,1-2H3,(H2,21,22,24,25). The minimum atomic E-state index is -0.812. The van der Waals surface area contributed by atoms with E-state index in [1.807, 2.05) is 24.3 Å². The lowest BCUT2D eigenvalue weighted by molar-refractivity contribution is -0.119. The number of amides is 3. The van der Waals surface area contributed by atoms with Crippen molar-refractivity contribution in [3.63, 3.8) is 0 Å². The van der Waals surface area contributed by atoms with Gasteiger partial charge in [-0.05, 0) is 26.0 Å². The highest BCUT2D eigenvalue weighted by Gasteiger charge is 2.28. The summed E-state index contributed by atoms with van der Waals surface area (Å²) in [5.41, 5.74) is 1.56. The van der Waals surface area contributed by atoms with Crippen molar-refractivity contribution in [3.8, 4) is 11.8 Å². The molecule has 3 unspecified atom stereocenters. The lowest BCUT2D eigenvalue weighted by Crippen LogP contribution is -2.57. The van der Waals surface area contributed by atoms with Gasteiger partial charge in [0.1, 0.15) is 5.84 Å². The number of benzene rings is 1. The maximum absolute atomic E-state index is 11.5. The second-order valence-corrected chi connectivity index (χ2v) is 6.35. The fraction of sp³-hybridized carbons (Fsp3) is 0.389. The topological polar surface area (TPSA) is 97.3 Å². The molecule has 7 nitrogen and oxygen atoms in total. The fourth-order valence-electron chi connectivity index (χ4n) is 3.11. The normalized spacial score (nSPS) is 25.7. The van der Waals surface area contributed by atoms with Gasteiger partial charge < -0.3 is 15.5 Å². The van der Waals surface area contributed by atoms with Crippen molar-refractivity contribution >= 4 is 17.8 Å². The van der Waals surface area contributed by atoms with Gasteiger partial charge in [0.2, 0.25) is 0 Å². The highest BCUT2D eigenvalue weighted by atomic mass is 16.2. The van der Waals surface area contributed by atoms with Gasteiger partial charge in [-0.15, -0.1) is 0 Å². The van der Waals surface area contributed by atoms with Gasteiger partial charge in [-0.1, -0.05) is 24.0 Å². The molecule has 2 aliphatic heterocycles. The van der Waals surface area contributed by atoms with E-state index in [-0.39, 0.29) is 12.1 Å². The van der Waals surface area contributed by atoms with Crippen LogP contribution in [0.25, 0.3) is 0 Å². The van der Waals surface area contributed by atoms with Crippen LogP contribution in [0.3, 0.4) is 0 Å². The number of urea groups is 1. The molecule has 2 heterocycles. The predicted molar refractivity (Wildman–Crippen MR) is 94.2 cm³/mol. The van der Waals surface area contributed by atoms with E-state index in [9.17, 15) is 9.59 Å². The second kappa shape index (κ2) is 6.95. The van der Waals surface area contributed by atoms with Crippen LogP contribution in [0.5, 0.6) is 0 Å². The van der Waals surface area contributed by atoms with Crippen LogP contribution in [0.15, 0.2) is 24.3 Å². The lowest BCUT2D eigenvalue weighted by atomic mass is 10.1.